The van der Waals surface area contributed by atoms with E-state index in [4.69, 9.17) is 5.84 Å². The lowest BCUT2D eigenvalue weighted by Crippen LogP contribution is -2.14. The number of anilines is 2. The van der Waals surface area contributed by atoms with Crippen LogP contribution in [0, 0.1) is 19.7 Å². The van der Waals surface area contributed by atoms with E-state index < -0.39 is 0 Å². The van der Waals surface area contributed by atoms with Crippen LogP contribution in [0.1, 0.15) is 16.7 Å². The first-order chi connectivity index (χ1) is 9.60. The Morgan fingerprint density at radius 1 is 1.25 bits per heavy atom. The van der Waals surface area contributed by atoms with Gasteiger partial charge in [0.15, 0.2) is 0 Å². The predicted molar refractivity (Wildman–Crippen MR) is 77.9 cm³/mol. The lowest BCUT2D eigenvalue weighted by atomic mass is 10.1. The number of nitrogens with zero attached hydrogens (tertiary/aromatic N) is 2. The van der Waals surface area contributed by atoms with Crippen molar-refractivity contribution < 1.29 is 4.39 Å². The van der Waals surface area contributed by atoms with Crippen LogP contribution in [0.2, 0.25) is 0 Å². The molecule has 0 atom stereocenters. The Balaban J connectivity index is 1.99. The molecule has 0 aliphatic rings. The molecule has 0 amide bonds. The molecule has 0 unspecified atom stereocenters. The monoisotopic (exact) mass is 275 g/mol. The number of benzene rings is 1. The fourth-order valence-corrected chi connectivity index (χ4v) is 1.95. The van der Waals surface area contributed by atoms with Crippen molar-refractivity contribution >= 4 is 11.8 Å². The average molecular weight is 275 g/mol. The summed E-state index contributed by atoms with van der Waals surface area (Å²) in [5.41, 5.74) is 5.43. The van der Waals surface area contributed by atoms with Crippen molar-refractivity contribution in [2.75, 3.05) is 17.3 Å². The largest absolute Gasteiger partial charge is 0.369 e. The van der Waals surface area contributed by atoms with Crippen LogP contribution in [0.5, 0.6) is 0 Å². The number of halogens is 1. The summed E-state index contributed by atoms with van der Waals surface area (Å²) in [6.07, 6.45) is 2.49. The normalized spacial score (nSPS) is 10.4. The van der Waals surface area contributed by atoms with Crippen LogP contribution in [-0.2, 0) is 6.42 Å². The minimum absolute atomic E-state index is 0.204. The van der Waals surface area contributed by atoms with E-state index in [0.717, 1.165) is 28.9 Å². The molecule has 2 rings (SSSR count). The average Bonchev–Trinajstić information content (AvgIpc) is 2.43. The standard InChI is InChI=1S/C14H18FN5/c1-9-7-12(15)4-3-11(9)5-6-17-13-10(2)8-18-14(19-13)20-16/h3-4,7-8H,5-6,16H2,1-2H3,(H2,17,18,19,20). The van der Waals surface area contributed by atoms with E-state index in [9.17, 15) is 4.39 Å². The van der Waals surface area contributed by atoms with Crippen molar-refractivity contribution in [3.05, 3.63) is 46.9 Å². The van der Waals surface area contributed by atoms with Crippen LogP contribution in [0.3, 0.4) is 0 Å². The number of nitrogens with one attached hydrogen (secondary N) is 2. The maximum Gasteiger partial charge on any atom is 0.239 e. The highest BCUT2D eigenvalue weighted by Crippen LogP contribution is 2.14. The molecule has 0 saturated carbocycles. The van der Waals surface area contributed by atoms with Gasteiger partial charge in [-0.25, -0.2) is 15.2 Å². The summed E-state index contributed by atoms with van der Waals surface area (Å²) in [7, 11) is 0. The minimum atomic E-state index is -0.204. The third kappa shape index (κ3) is 3.42. The first-order valence-electron chi connectivity index (χ1n) is 6.39. The van der Waals surface area contributed by atoms with E-state index >= 15 is 0 Å². The first-order valence-corrected chi connectivity index (χ1v) is 6.39. The Kier molecular flexibility index (Phi) is 4.47. The van der Waals surface area contributed by atoms with Gasteiger partial charge in [0.05, 0.1) is 0 Å². The summed E-state index contributed by atoms with van der Waals surface area (Å²) in [6.45, 7) is 4.53. The molecule has 6 heteroatoms. The van der Waals surface area contributed by atoms with Crippen molar-refractivity contribution in [3.63, 3.8) is 0 Å². The van der Waals surface area contributed by atoms with E-state index in [1.165, 1.54) is 6.07 Å². The molecule has 20 heavy (non-hydrogen) atoms. The summed E-state index contributed by atoms with van der Waals surface area (Å²) in [4.78, 5) is 8.26. The molecule has 0 aliphatic heterocycles. The zero-order valence-electron chi connectivity index (χ0n) is 11.6. The lowest BCUT2D eigenvalue weighted by Gasteiger charge is -2.10. The van der Waals surface area contributed by atoms with Crippen molar-refractivity contribution in [2.24, 2.45) is 5.84 Å². The van der Waals surface area contributed by atoms with E-state index in [-0.39, 0.29) is 5.82 Å². The second kappa shape index (κ2) is 6.29. The Morgan fingerprint density at radius 3 is 2.75 bits per heavy atom. The van der Waals surface area contributed by atoms with Crippen LogP contribution in [0.4, 0.5) is 16.2 Å². The van der Waals surface area contributed by atoms with E-state index in [1.807, 2.05) is 19.9 Å². The number of hydrazine groups is 1. The van der Waals surface area contributed by atoms with Gasteiger partial charge in [0.1, 0.15) is 11.6 Å². The molecule has 5 nitrogen and oxygen atoms in total. The second-order valence-electron chi connectivity index (χ2n) is 4.62. The smallest absolute Gasteiger partial charge is 0.239 e. The quantitative estimate of drug-likeness (QED) is 0.576. The van der Waals surface area contributed by atoms with Crippen LogP contribution in [-0.4, -0.2) is 16.5 Å². The maximum absolute atomic E-state index is 13.0. The maximum atomic E-state index is 13.0. The summed E-state index contributed by atoms with van der Waals surface area (Å²) in [5.74, 6) is 6.19. The van der Waals surface area contributed by atoms with Gasteiger partial charge < -0.3 is 5.32 Å². The fraction of sp³-hybridized carbons (Fsp3) is 0.286. The Bertz CT molecular complexity index is 600. The van der Waals surface area contributed by atoms with Gasteiger partial charge >= 0.3 is 0 Å². The Labute approximate surface area is 117 Å². The Morgan fingerprint density at radius 2 is 2.05 bits per heavy atom. The number of rotatable bonds is 5. The zero-order chi connectivity index (χ0) is 14.5. The summed E-state index contributed by atoms with van der Waals surface area (Å²) >= 11 is 0. The molecule has 1 aromatic carbocycles. The highest BCUT2D eigenvalue weighted by Gasteiger charge is 2.04. The number of aromatic nitrogens is 2. The van der Waals surface area contributed by atoms with E-state index in [0.29, 0.717) is 12.5 Å². The number of nitrogen functional groups attached to an aromatic ring is 1. The predicted octanol–water partition coefficient (Wildman–Crippen LogP) is 2.17. The minimum Gasteiger partial charge on any atom is -0.369 e. The number of hydrogen-bond donors (Lipinski definition) is 3. The first kappa shape index (κ1) is 14.2. The lowest BCUT2D eigenvalue weighted by molar-refractivity contribution is 0.625. The number of aryl methyl sites for hydroxylation is 2. The molecule has 2 aromatic rings. The van der Waals surface area contributed by atoms with Crippen molar-refractivity contribution in [3.8, 4) is 0 Å². The highest BCUT2D eigenvalue weighted by molar-refractivity contribution is 5.46. The third-order valence-corrected chi connectivity index (χ3v) is 3.09. The second-order valence-corrected chi connectivity index (χ2v) is 4.62. The molecule has 0 radical (unpaired) electrons. The van der Waals surface area contributed by atoms with Gasteiger partial charge in [0.2, 0.25) is 5.95 Å². The highest BCUT2D eigenvalue weighted by atomic mass is 19.1. The topological polar surface area (TPSA) is 75.9 Å². The van der Waals surface area contributed by atoms with E-state index in [1.54, 1.807) is 12.3 Å². The van der Waals surface area contributed by atoms with Crippen LogP contribution in [0.15, 0.2) is 24.4 Å². The van der Waals surface area contributed by atoms with Crippen molar-refractivity contribution in [1.82, 2.24) is 9.97 Å². The summed E-state index contributed by atoms with van der Waals surface area (Å²) in [5, 5.41) is 3.24. The van der Waals surface area contributed by atoms with Crippen LogP contribution >= 0.6 is 0 Å². The third-order valence-electron chi connectivity index (χ3n) is 3.09. The Hall–Kier alpha value is -2.21. The summed E-state index contributed by atoms with van der Waals surface area (Å²) < 4.78 is 13.0. The van der Waals surface area contributed by atoms with Crippen molar-refractivity contribution in [1.29, 1.82) is 0 Å². The van der Waals surface area contributed by atoms with Gasteiger partial charge in [-0.2, -0.15) is 4.98 Å². The number of nitrogens with two attached hydrogens (primary N) is 1. The van der Waals surface area contributed by atoms with Gasteiger partial charge in [0.25, 0.3) is 0 Å². The number of hydrogen-bond acceptors (Lipinski definition) is 5. The van der Waals surface area contributed by atoms with Gasteiger partial charge in [-0.15, -0.1) is 0 Å². The molecule has 0 fully saturated rings. The molecule has 1 heterocycles. The SMILES string of the molecule is Cc1cc(F)ccc1CCNc1nc(NN)ncc1C. The van der Waals surface area contributed by atoms with Gasteiger partial charge in [-0.1, -0.05) is 6.07 Å². The molecule has 0 spiro atoms. The van der Waals surface area contributed by atoms with Crippen LogP contribution < -0.4 is 16.6 Å². The van der Waals surface area contributed by atoms with Gasteiger partial charge in [0, 0.05) is 18.3 Å². The molecule has 4 N–H and O–H groups in total. The molecule has 0 saturated heterocycles. The molecular weight excluding hydrogens is 257 g/mol. The van der Waals surface area contributed by atoms with Gasteiger partial charge in [-0.05, 0) is 43.5 Å². The molecule has 0 bridgehead atoms. The molecule has 0 aliphatic carbocycles. The molecule has 1 aromatic heterocycles. The fourth-order valence-electron chi connectivity index (χ4n) is 1.95. The van der Waals surface area contributed by atoms with Crippen molar-refractivity contribution in [2.45, 2.75) is 20.3 Å². The van der Waals surface area contributed by atoms with Gasteiger partial charge in [-0.3, -0.25) is 5.43 Å². The van der Waals surface area contributed by atoms with Crippen LogP contribution in [0.25, 0.3) is 0 Å². The molecule has 106 valence electrons. The van der Waals surface area contributed by atoms with E-state index in [2.05, 4.69) is 20.7 Å². The summed E-state index contributed by atoms with van der Waals surface area (Å²) in [6, 6.07) is 4.84. The zero-order valence-corrected chi connectivity index (χ0v) is 11.6. The molecular formula is C14H18FN5.